The summed E-state index contributed by atoms with van der Waals surface area (Å²) in [5.74, 6) is 1.18. The summed E-state index contributed by atoms with van der Waals surface area (Å²) in [6.07, 6.45) is 8.12. The monoisotopic (exact) mass is 604 g/mol. The van der Waals surface area contributed by atoms with Gasteiger partial charge in [0.2, 0.25) is 0 Å². The van der Waals surface area contributed by atoms with Gasteiger partial charge in [-0.25, -0.2) is 9.18 Å². The van der Waals surface area contributed by atoms with Crippen molar-refractivity contribution in [2.24, 2.45) is 5.92 Å². The molecule has 236 valence electrons. The van der Waals surface area contributed by atoms with Crippen molar-refractivity contribution in [2.75, 3.05) is 26.4 Å². The van der Waals surface area contributed by atoms with Gasteiger partial charge in [-0.05, 0) is 104 Å². The van der Waals surface area contributed by atoms with Gasteiger partial charge < -0.3 is 24.4 Å². The standard InChI is InChI=1S/C37H45FO6/c1-4-8-26-11-13-27(14-12-26)28-15-16-32(34(38)23-28)30-22-33(29-9-7-10-31(21-29)42-20-18-40)36(43-19-6-5-17-39)35(24-30)44-37(41)25(2)3/h7,9-10,15-16,21-24,26-27,39-40H,2,4-6,8,11-14,17-20H2,1,3H3. The van der Waals surface area contributed by atoms with E-state index in [-0.39, 0.29) is 43.6 Å². The molecule has 44 heavy (non-hydrogen) atoms. The Balaban J connectivity index is 1.77. The molecule has 4 rings (SSSR count). The second-order valence-electron chi connectivity index (χ2n) is 11.6. The molecule has 7 heteroatoms. The van der Waals surface area contributed by atoms with Gasteiger partial charge in [-0.2, -0.15) is 0 Å². The molecule has 1 aliphatic carbocycles. The van der Waals surface area contributed by atoms with Crippen LogP contribution in [0.25, 0.3) is 22.3 Å². The second-order valence-corrected chi connectivity index (χ2v) is 11.6. The van der Waals surface area contributed by atoms with Crippen LogP contribution in [0.1, 0.15) is 76.7 Å². The van der Waals surface area contributed by atoms with E-state index >= 15 is 4.39 Å². The fourth-order valence-electron chi connectivity index (χ4n) is 5.90. The maximum atomic E-state index is 15.9. The first-order chi connectivity index (χ1) is 21.3. The number of carbonyl (C=O) groups is 1. The van der Waals surface area contributed by atoms with Crippen molar-refractivity contribution in [3.05, 3.63) is 78.1 Å². The number of rotatable bonds is 15. The van der Waals surface area contributed by atoms with E-state index in [1.54, 1.807) is 31.2 Å². The molecule has 0 amide bonds. The van der Waals surface area contributed by atoms with E-state index in [9.17, 15) is 15.0 Å². The first-order valence-electron chi connectivity index (χ1n) is 15.8. The fourth-order valence-corrected chi connectivity index (χ4v) is 5.90. The Morgan fingerprint density at radius 1 is 0.909 bits per heavy atom. The van der Waals surface area contributed by atoms with Gasteiger partial charge in [0.15, 0.2) is 11.5 Å². The van der Waals surface area contributed by atoms with Gasteiger partial charge in [-0.15, -0.1) is 0 Å². The lowest BCUT2D eigenvalue weighted by Crippen LogP contribution is -2.13. The zero-order valence-corrected chi connectivity index (χ0v) is 25.9. The lowest BCUT2D eigenvalue weighted by molar-refractivity contribution is -0.130. The molecule has 1 aliphatic rings. The Hall–Kier alpha value is -3.68. The van der Waals surface area contributed by atoms with Crippen LogP contribution in [0.15, 0.2) is 66.7 Å². The largest absolute Gasteiger partial charge is 0.491 e. The third-order valence-electron chi connectivity index (χ3n) is 8.23. The molecule has 0 bridgehead atoms. The predicted molar refractivity (Wildman–Crippen MR) is 172 cm³/mol. The molecule has 3 aromatic carbocycles. The van der Waals surface area contributed by atoms with Crippen LogP contribution in [0.3, 0.4) is 0 Å². The Morgan fingerprint density at radius 3 is 2.39 bits per heavy atom. The fraction of sp³-hybridized carbons (Fsp3) is 0.432. The molecule has 1 fully saturated rings. The molecule has 0 saturated heterocycles. The summed E-state index contributed by atoms with van der Waals surface area (Å²) in [6, 6.07) is 16.2. The predicted octanol–water partition coefficient (Wildman–Crippen LogP) is 8.24. The minimum Gasteiger partial charge on any atom is -0.491 e. The van der Waals surface area contributed by atoms with Crippen molar-refractivity contribution in [2.45, 2.75) is 71.1 Å². The number of aliphatic hydroxyl groups is 2. The van der Waals surface area contributed by atoms with Gasteiger partial charge >= 0.3 is 5.97 Å². The Bertz CT molecular complexity index is 1410. The molecule has 3 aromatic rings. The van der Waals surface area contributed by atoms with Crippen molar-refractivity contribution >= 4 is 5.97 Å². The summed E-state index contributed by atoms with van der Waals surface area (Å²) >= 11 is 0. The molecule has 0 unspecified atom stereocenters. The van der Waals surface area contributed by atoms with Crippen LogP contribution in [0.5, 0.6) is 17.2 Å². The van der Waals surface area contributed by atoms with Crippen LogP contribution in [0.2, 0.25) is 0 Å². The molecule has 2 N–H and O–H groups in total. The molecule has 0 aliphatic heterocycles. The Labute approximate surface area is 260 Å². The van der Waals surface area contributed by atoms with Crippen molar-refractivity contribution in [3.8, 4) is 39.5 Å². The Kier molecular flexibility index (Phi) is 12.4. The highest BCUT2D eigenvalue weighted by Gasteiger charge is 2.24. The van der Waals surface area contributed by atoms with E-state index in [4.69, 9.17) is 14.2 Å². The number of benzene rings is 3. The number of aliphatic hydroxyl groups excluding tert-OH is 2. The third-order valence-corrected chi connectivity index (χ3v) is 8.23. The van der Waals surface area contributed by atoms with Gasteiger partial charge in [0.1, 0.15) is 18.2 Å². The van der Waals surface area contributed by atoms with Crippen LogP contribution in [-0.4, -0.2) is 42.6 Å². The molecule has 1 saturated carbocycles. The quantitative estimate of drug-likeness (QED) is 0.0787. The zero-order chi connectivity index (χ0) is 31.5. The number of unbranched alkanes of at least 4 members (excludes halogenated alkanes) is 1. The SMILES string of the molecule is C=C(C)C(=O)Oc1cc(-c2ccc(C3CCC(CCC)CC3)cc2F)cc(-c2cccc(OCCO)c2)c1OCCCCO. The van der Waals surface area contributed by atoms with Crippen molar-refractivity contribution in [1.82, 2.24) is 0 Å². The maximum absolute atomic E-state index is 15.9. The number of ether oxygens (including phenoxy) is 3. The number of carbonyl (C=O) groups excluding carboxylic acids is 1. The molecule has 0 radical (unpaired) electrons. The summed E-state index contributed by atoms with van der Waals surface area (Å²) in [7, 11) is 0. The van der Waals surface area contributed by atoms with Crippen molar-refractivity contribution < 1.29 is 33.6 Å². The van der Waals surface area contributed by atoms with Crippen molar-refractivity contribution in [3.63, 3.8) is 0 Å². The van der Waals surface area contributed by atoms with E-state index in [1.165, 1.54) is 25.7 Å². The van der Waals surface area contributed by atoms with Gasteiger partial charge in [0.05, 0.1) is 13.2 Å². The molecule has 0 atom stereocenters. The maximum Gasteiger partial charge on any atom is 0.338 e. The normalized spacial score (nSPS) is 16.4. The average molecular weight is 605 g/mol. The number of halogens is 1. The van der Waals surface area contributed by atoms with Crippen LogP contribution < -0.4 is 14.2 Å². The topological polar surface area (TPSA) is 85.2 Å². The van der Waals surface area contributed by atoms with E-state index in [1.807, 2.05) is 30.3 Å². The highest BCUT2D eigenvalue weighted by atomic mass is 19.1. The summed E-state index contributed by atoms with van der Waals surface area (Å²) < 4.78 is 33.5. The van der Waals surface area contributed by atoms with Gasteiger partial charge in [-0.1, -0.05) is 50.6 Å². The van der Waals surface area contributed by atoms with E-state index in [2.05, 4.69) is 13.5 Å². The number of esters is 1. The van der Waals surface area contributed by atoms with Crippen LogP contribution in [0.4, 0.5) is 4.39 Å². The summed E-state index contributed by atoms with van der Waals surface area (Å²) in [5.41, 5.74) is 3.45. The molecule has 6 nitrogen and oxygen atoms in total. The summed E-state index contributed by atoms with van der Waals surface area (Å²) in [5, 5.41) is 18.5. The van der Waals surface area contributed by atoms with Crippen LogP contribution >= 0.6 is 0 Å². The third kappa shape index (κ3) is 8.70. The molecular formula is C37H45FO6. The molecule has 0 heterocycles. The Morgan fingerprint density at radius 2 is 1.70 bits per heavy atom. The van der Waals surface area contributed by atoms with Crippen LogP contribution in [-0.2, 0) is 4.79 Å². The van der Waals surface area contributed by atoms with Gasteiger partial charge in [0.25, 0.3) is 0 Å². The lowest BCUT2D eigenvalue weighted by Gasteiger charge is -2.28. The summed E-state index contributed by atoms with van der Waals surface area (Å²) in [4.78, 5) is 12.7. The van der Waals surface area contributed by atoms with Gasteiger partial charge in [0, 0.05) is 23.3 Å². The lowest BCUT2D eigenvalue weighted by atomic mass is 9.77. The van der Waals surface area contributed by atoms with E-state index in [0.29, 0.717) is 52.5 Å². The molecule has 0 aromatic heterocycles. The molecule has 0 spiro atoms. The number of hydrogen-bond donors (Lipinski definition) is 2. The molecular weight excluding hydrogens is 559 g/mol. The smallest absolute Gasteiger partial charge is 0.338 e. The van der Waals surface area contributed by atoms with E-state index < -0.39 is 5.97 Å². The summed E-state index contributed by atoms with van der Waals surface area (Å²) in [6.45, 7) is 7.81. The number of hydrogen-bond acceptors (Lipinski definition) is 6. The average Bonchev–Trinajstić information content (AvgIpc) is 3.03. The van der Waals surface area contributed by atoms with Crippen LogP contribution in [0, 0.1) is 11.7 Å². The van der Waals surface area contributed by atoms with Crippen molar-refractivity contribution in [1.29, 1.82) is 0 Å². The second kappa shape index (κ2) is 16.4. The minimum atomic E-state index is -0.622. The zero-order valence-electron chi connectivity index (χ0n) is 25.9. The van der Waals surface area contributed by atoms with Gasteiger partial charge in [-0.3, -0.25) is 0 Å². The first kappa shape index (κ1) is 33.2. The highest BCUT2D eigenvalue weighted by molar-refractivity contribution is 5.91. The minimum absolute atomic E-state index is 0.0341. The highest BCUT2D eigenvalue weighted by Crippen LogP contribution is 2.45. The first-order valence-corrected chi connectivity index (χ1v) is 15.8. The van der Waals surface area contributed by atoms with E-state index in [0.717, 1.165) is 24.3 Å².